The second-order valence-corrected chi connectivity index (χ2v) is 9.97. The predicted molar refractivity (Wildman–Crippen MR) is 156 cm³/mol. The molecule has 210 valence electrons. The van der Waals surface area contributed by atoms with E-state index in [1.54, 1.807) is 5.38 Å². The molecule has 0 aliphatic heterocycles. The summed E-state index contributed by atoms with van der Waals surface area (Å²) in [5, 5.41) is 21.9. The molecule has 1 aromatic heterocycles. The Morgan fingerprint density at radius 1 is 0.780 bits per heavy atom. The van der Waals surface area contributed by atoms with Gasteiger partial charge in [-0.05, 0) is 22.3 Å². The first-order valence-electron chi connectivity index (χ1n) is 12.8. The Morgan fingerprint density at radius 3 is 2.12 bits per heavy atom. The first-order valence-corrected chi connectivity index (χ1v) is 13.7. The van der Waals surface area contributed by atoms with Crippen molar-refractivity contribution in [3.63, 3.8) is 0 Å². The molecule has 10 nitrogen and oxygen atoms in total. The van der Waals surface area contributed by atoms with E-state index in [1.807, 2.05) is 84.9 Å². The number of urea groups is 1. The maximum Gasteiger partial charge on any atom is 0.326 e. The summed E-state index contributed by atoms with van der Waals surface area (Å²) in [4.78, 5) is 52.8. The van der Waals surface area contributed by atoms with Crippen molar-refractivity contribution < 1.29 is 24.3 Å². The molecule has 11 heteroatoms. The van der Waals surface area contributed by atoms with Crippen LogP contribution in [0.2, 0.25) is 0 Å². The number of carboxylic acids is 1. The largest absolute Gasteiger partial charge is 0.480 e. The van der Waals surface area contributed by atoms with E-state index in [-0.39, 0.29) is 19.4 Å². The van der Waals surface area contributed by atoms with Gasteiger partial charge in [0.15, 0.2) is 5.13 Å². The van der Waals surface area contributed by atoms with Gasteiger partial charge in [0.1, 0.15) is 6.04 Å². The van der Waals surface area contributed by atoms with E-state index in [2.05, 4.69) is 26.3 Å². The zero-order valence-electron chi connectivity index (χ0n) is 22.0. The summed E-state index contributed by atoms with van der Waals surface area (Å²) in [5.74, 6) is -2.26. The average Bonchev–Trinajstić information content (AvgIpc) is 3.42. The lowest BCUT2D eigenvalue weighted by Crippen LogP contribution is -2.46. The van der Waals surface area contributed by atoms with Crippen molar-refractivity contribution >= 4 is 40.3 Å². The van der Waals surface area contributed by atoms with Crippen LogP contribution in [0.25, 0.3) is 11.1 Å². The summed E-state index contributed by atoms with van der Waals surface area (Å²) in [6, 6.07) is 25.1. The molecule has 3 aromatic carbocycles. The minimum absolute atomic E-state index is 0.0949. The molecule has 5 N–H and O–H groups in total. The van der Waals surface area contributed by atoms with Crippen LogP contribution in [0.1, 0.15) is 16.8 Å². The minimum Gasteiger partial charge on any atom is -0.480 e. The van der Waals surface area contributed by atoms with E-state index in [4.69, 9.17) is 0 Å². The standard InChI is InChI=1S/C30H29N5O5S/c36-26(16-24-19-41-30(33-24)35-29(40)32-17-21-7-3-1-4-8-21)31-18-27(37)34-25(28(38)39)15-20-11-13-23(14-12-20)22-9-5-2-6-10-22/h1-14,19,25H,15-18H2,(H,31,36)(H,34,37)(H,38,39)(H2,32,33,35,40)/t25-/m0/s1. The highest BCUT2D eigenvalue weighted by Gasteiger charge is 2.21. The van der Waals surface area contributed by atoms with Crippen LogP contribution in [0.3, 0.4) is 0 Å². The number of aliphatic carboxylic acids is 1. The molecule has 0 radical (unpaired) electrons. The van der Waals surface area contributed by atoms with Gasteiger partial charge in [0.05, 0.1) is 18.7 Å². The Bertz CT molecular complexity index is 1480. The molecule has 0 aliphatic carbocycles. The number of nitrogens with zero attached hydrogens (tertiary/aromatic N) is 1. The molecule has 0 unspecified atom stereocenters. The van der Waals surface area contributed by atoms with Crippen LogP contribution in [-0.2, 0) is 33.8 Å². The normalized spacial score (nSPS) is 11.2. The second-order valence-electron chi connectivity index (χ2n) is 9.12. The number of nitrogens with one attached hydrogen (secondary N) is 4. The van der Waals surface area contributed by atoms with Crippen LogP contribution >= 0.6 is 11.3 Å². The van der Waals surface area contributed by atoms with Crippen molar-refractivity contribution in [2.24, 2.45) is 0 Å². The first kappa shape index (κ1) is 29.0. The summed E-state index contributed by atoms with van der Waals surface area (Å²) in [5.41, 5.74) is 4.18. The van der Waals surface area contributed by atoms with Crippen LogP contribution in [0.4, 0.5) is 9.93 Å². The van der Waals surface area contributed by atoms with Crippen LogP contribution in [0.5, 0.6) is 0 Å². The van der Waals surface area contributed by atoms with Gasteiger partial charge < -0.3 is 21.1 Å². The lowest BCUT2D eigenvalue weighted by atomic mass is 10.0. The number of amides is 4. The average molecular weight is 572 g/mol. The number of aromatic nitrogens is 1. The molecular weight excluding hydrogens is 542 g/mol. The molecule has 41 heavy (non-hydrogen) atoms. The van der Waals surface area contributed by atoms with Crippen LogP contribution in [0, 0.1) is 0 Å². The molecule has 4 aromatic rings. The number of benzene rings is 3. The molecule has 0 spiro atoms. The lowest BCUT2D eigenvalue weighted by Gasteiger charge is -2.15. The van der Waals surface area contributed by atoms with E-state index in [1.165, 1.54) is 11.3 Å². The highest BCUT2D eigenvalue weighted by atomic mass is 32.1. The van der Waals surface area contributed by atoms with Gasteiger partial charge in [0.25, 0.3) is 0 Å². The van der Waals surface area contributed by atoms with Crippen LogP contribution in [0.15, 0.2) is 90.3 Å². The molecule has 0 saturated heterocycles. The third-order valence-corrected chi connectivity index (χ3v) is 6.80. The number of hydrogen-bond donors (Lipinski definition) is 5. The Morgan fingerprint density at radius 2 is 1.44 bits per heavy atom. The summed E-state index contributed by atoms with van der Waals surface area (Å²) in [6.07, 6.45) is -0.00909. The molecule has 1 atom stereocenters. The van der Waals surface area contributed by atoms with E-state index in [0.717, 1.165) is 22.3 Å². The number of carbonyl (C=O) groups excluding carboxylic acids is 3. The Kier molecular flexibility index (Phi) is 10.2. The number of hydrogen-bond acceptors (Lipinski definition) is 6. The number of rotatable bonds is 12. The zero-order chi connectivity index (χ0) is 29.0. The quantitative estimate of drug-likeness (QED) is 0.175. The van der Waals surface area contributed by atoms with Gasteiger partial charge in [-0.1, -0.05) is 84.9 Å². The summed E-state index contributed by atoms with van der Waals surface area (Å²) >= 11 is 1.17. The fourth-order valence-electron chi connectivity index (χ4n) is 3.92. The Labute approximate surface area is 240 Å². The molecule has 4 rings (SSSR count). The molecular formula is C30H29N5O5S. The Hall–Kier alpha value is -5.03. The van der Waals surface area contributed by atoms with Crippen molar-refractivity contribution in [1.29, 1.82) is 0 Å². The van der Waals surface area contributed by atoms with E-state index >= 15 is 0 Å². The van der Waals surface area contributed by atoms with Crippen LogP contribution < -0.4 is 21.3 Å². The van der Waals surface area contributed by atoms with Gasteiger partial charge >= 0.3 is 12.0 Å². The van der Waals surface area contributed by atoms with Gasteiger partial charge in [-0.3, -0.25) is 14.9 Å². The molecule has 0 aliphatic rings. The number of thiazole rings is 1. The van der Waals surface area contributed by atoms with Crippen LogP contribution in [-0.4, -0.2) is 46.5 Å². The monoisotopic (exact) mass is 571 g/mol. The van der Waals surface area contributed by atoms with E-state index in [9.17, 15) is 24.3 Å². The van der Waals surface area contributed by atoms with Crippen molar-refractivity contribution in [3.05, 3.63) is 107 Å². The Balaban J connectivity index is 1.19. The van der Waals surface area contributed by atoms with E-state index in [0.29, 0.717) is 17.4 Å². The molecule has 4 amide bonds. The second kappa shape index (κ2) is 14.4. The molecule has 0 fully saturated rings. The number of carbonyl (C=O) groups is 4. The third kappa shape index (κ3) is 9.29. The molecule has 0 bridgehead atoms. The van der Waals surface area contributed by atoms with Gasteiger partial charge in [0.2, 0.25) is 11.8 Å². The summed E-state index contributed by atoms with van der Waals surface area (Å²) in [6.45, 7) is -0.0225. The SMILES string of the molecule is O=C(Cc1csc(NC(=O)NCc2ccccc2)n1)NCC(=O)N[C@@H](Cc1ccc(-c2ccccc2)cc1)C(=O)O. The third-order valence-electron chi connectivity index (χ3n) is 5.99. The smallest absolute Gasteiger partial charge is 0.326 e. The molecule has 0 saturated carbocycles. The van der Waals surface area contributed by atoms with Gasteiger partial charge in [-0.25, -0.2) is 14.6 Å². The lowest BCUT2D eigenvalue weighted by molar-refractivity contribution is -0.141. The maximum absolute atomic E-state index is 12.4. The predicted octanol–water partition coefficient (Wildman–Crippen LogP) is 3.60. The summed E-state index contributed by atoms with van der Waals surface area (Å²) < 4.78 is 0. The minimum atomic E-state index is -1.17. The fraction of sp³-hybridized carbons (Fsp3) is 0.167. The fourth-order valence-corrected chi connectivity index (χ4v) is 4.62. The maximum atomic E-state index is 12.4. The zero-order valence-corrected chi connectivity index (χ0v) is 22.8. The highest BCUT2D eigenvalue weighted by Crippen LogP contribution is 2.20. The van der Waals surface area contributed by atoms with E-state index < -0.39 is 29.9 Å². The van der Waals surface area contributed by atoms with Crippen molar-refractivity contribution in [3.8, 4) is 11.1 Å². The number of carboxylic acid groups (broad SMARTS) is 1. The first-order chi connectivity index (χ1) is 19.9. The van der Waals surface area contributed by atoms with Gasteiger partial charge in [-0.15, -0.1) is 11.3 Å². The number of anilines is 1. The molecule has 1 heterocycles. The van der Waals surface area contributed by atoms with Crippen molar-refractivity contribution in [1.82, 2.24) is 20.9 Å². The van der Waals surface area contributed by atoms with Gasteiger partial charge in [0, 0.05) is 18.3 Å². The van der Waals surface area contributed by atoms with Gasteiger partial charge in [-0.2, -0.15) is 0 Å². The van der Waals surface area contributed by atoms with Crippen molar-refractivity contribution in [2.75, 3.05) is 11.9 Å². The highest BCUT2D eigenvalue weighted by molar-refractivity contribution is 7.13. The topological polar surface area (TPSA) is 150 Å². The van der Waals surface area contributed by atoms with Crippen molar-refractivity contribution in [2.45, 2.75) is 25.4 Å². The summed E-state index contributed by atoms with van der Waals surface area (Å²) in [7, 11) is 0.